The minimum Gasteiger partial charge on any atom is -0.506 e. The molecule has 4 rings (SSSR count). The van der Waals surface area contributed by atoms with Gasteiger partial charge in [-0.05, 0) is 38.2 Å². The summed E-state index contributed by atoms with van der Waals surface area (Å²) in [6.45, 7) is 0.667. The molecule has 2 aromatic rings. The highest BCUT2D eigenvalue weighted by molar-refractivity contribution is 6.38. The van der Waals surface area contributed by atoms with Crippen LogP contribution in [0.2, 0.25) is 5.02 Å². The zero-order valence-corrected chi connectivity index (χ0v) is 14.9. The third kappa shape index (κ3) is 2.62. The van der Waals surface area contributed by atoms with Crippen molar-refractivity contribution in [1.82, 2.24) is 4.57 Å². The first-order valence-electron chi connectivity index (χ1n) is 8.76. The summed E-state index contributed by atoms with van der Waals surface area (Å²) in [6, 6.07) is 1.44. The number of carboxylic acids is 1. The predicted octanol–water partition coefficient (Wildman–Crippen LogP) is 2.67. The van der Waals surface area contributed by atoms with Crippen molar-refractivity contribution in [2.75, 3.05) is 11.4 Å². The van der Waals surface area contributed by atoms with Crippen LogP contribution in [0.25, 0.3) is 10.9 Å². The van der Waals surface area contributed by atoms with Gasteiger partial charge in [0.25, 0.3) is 0 Å². The van der Waals surface area contributed by atoms with Gasteiger partial charge < -0.3 is 25.4 Å². The number of carbonyl (C=O) groups is 1. The van der Waals surface area contributed by atoms with Gasteiger partial charge in [-0.3, -0.25) is 4.79 Å². The number of nitrogens with two attached hydrogens (primary N) is 1. The first-order chi connectivity index (χ1) is 12.4. The molecule has 138 valence electrons. The van der Waals surface area contributed by atoms with E-state index in [1.807, 2.05) is 4.90 Å². The van der Waals surface area contributed by atoms with Crippen LogP contribution in [0.4, 0.5) is 5.69 Å². The fourth-order valence-electron chi connectivity index (χ4n) is 3.75. The number of aromatic carboxylic acids is 1. The summed E-state index contributed by atoms with van der Waals surface area (Å²) in [5.74, 6) is -1.44. The van der Waals surface area contributed by atoms with Crippen molar-refractivity contribution in [2.24, 2.45) is 5.73 Å². The van der Waals surface area contributed by atoms with Gasteiger partial charge in [0, 0.05) is 18.8 Å². The van der Waals surface area contributed by atoms with Gasteiger partial charge in [0.15, 0.2) is 0 Å². The summed E-state index contributed by atoms with van der Waals surface area (Å²) in [4.78, 5) is 25.9. The molecule has 2 heterocycles. The Morgan fingerprint density at radius 3 is 2.62 bits per heavy atom. The molecule has 1 saturated carbocycles. The van der Waals surface area contributed by atoms with Crippen molar-refractivity contribution in [3.05, 3.63) is 33.1 Å². The number of phenols is 1. The van der Waals surface area contributed by atoms with Crippen molar-refractivity contribution in [2.45, 2.75) is 44.3 Å². The highest BCUT2D eigenvalue weighted by atomic mass is 35.5. The molecule has 2 fully saturated rings. The quantitative estimate of drug-likeness (QED) is 0.758. The van der Waals surface area contributed by atoms with E-state index < -0.39 is 11.4 Å². The van der Waals surface area contributed by atoms with Crippen LogP contribution in [0.15, 0.2) is 17.1 Å². The van der Waals surface area contributed by atoms with Crippen LogP contribution in [0.3, 0.4) is 0 Å². The van der Waals surface area contributed by atoms with E-state index >= 15 is 0 Å². The van der Waals surface area contributed by atoms with Gasteiger partial charge in [-0.2, -0.15) is 0 Å². The molecule has 1 saturated heterocycles. The van der Waals surface area contributed by atoms with E-state index in [-0.39, 0.29) is 33.9 Å². The Hall–Kier alpha value is -2.25. The lowest BCUT2D eigenvalue weighted by Crippen LogP contribution is -2.45. The number of benzene rings is 1. The Labute approximate surface area is 154 Å². The lowest BCUT2D eigenvalue weighted by molar-refractivity contribution is 0.0695. The molecule has 1 aromatic heterocycles. The first kappa shape index (κ1) is 17.2. The van der Waals surface area contributed by atoms with Crippen molar-refractivity contribution in [3.8, 4) is 5.75 Å². The molecule has 1 aromatic carbocycles. The summed E-state index contributed by atoms with van der Waals surface area (Å²) in [5, 5.41) is 20.3. The van der Waals surface area contributed by atoms with E-state index in [2.05, 4.69) is 0 Å². The van der Waals surface area contributed by atoms with E-state index in [9.17, 15) is 19.8 Å². The Morgan fingerprint density at radius 1 is 1.27 bits per heavy atom. The van der Waals surface area contributed by atoms with Crippen LogP contribution in [0.5, 0.6) is 5.75 Å². The van der Waals surface area contributed by atoms with Crippen LogP contribution >= 0.6 is 11.6 Å². The number of rotatable bonds is 3. The number of hydrogen-bond donors (Lipinski definition) is 3. The van der Waals surface area contributed by atoms with E-state index in [4.69, 9.17) is 17.3 Å². The third-order valence-corrected chi connectivity index (χ3v) is 5.58. The van der Waals surface area contributed by atoms with Crippen molar-refractivity contribution >= 4 is 34.2 Å². The number of carboxylic acid groups (broad SMARTS) is 1. The second-order valence-electron chi connectivity index (χ2n) is 7.03. The topological polar surface area (TPSA) is 109 Å². The van der Waals surface area contributed by atoms with Gasteiger partial charge in [-0.25, -0.2) is 4.79 Å². The number of aromatic nitrogens is 1. The van der Waals surface area contributed by atoms with Crippen molar-refractivity contribution in [3.63, 3.8) is 0 Å². The molecule has 4 N–H and O–H groups in total. The first-order valence-corrected chi connectivity index (χ1v) is 9.13. The monoisotopic (exact) mass is 377 g/mol. The molecule has 1 aliphatic heterocycles. The number of fused-ring (bicyclic) bond motifs is 1. The van der Waals surface area contributed by atoms with Crippen LogP contribution in [0, 0.1) is 0 Å². The number of aromatic hydroxyl groups is 1. The number of piperidine rings is 1. The van der Waals surface area contributed by atoms with Gasteiger partial charge in [-0.15, -0.1) is 0 Å². The highest BCUT2D eigenvalue weighted by Gasteiger charge is 2.31. The summed E-state index contributed by atoms with van der Waals surface area (Å²) in [5.41, 5.74) is 6.13. The molecule has 0 spiro atoms. The third-order valence-electron chi connectivity index (χ3n) is 5.22. The summed E-state index contributed by atoms with van der Waals surface area (Å²) < 4.78 is 1.76. The van der Waals surface area contributed by atoms with E-state index in [1.165, 1.54) is 12.3 Å². The Kier molecular flexibility index (Phi) is 4.08. The highest BCUT2D eigenvalue weighted by Crippen LogP contribution is 2.45. The molecule has 1 unspecified atom stereocenters. The van der Waals surface area contributed by atoms with Gasteiger partial charge in [0.1, 0.15) is 17.0 Å². The molecule has 26 heavy (non-hydrogen) atoms. The van der Waals surface area contributed by atoms with E-state index in [0.29, 0.717) is 17.7 Å². The number of nitrogens with zero attached hydrogens (tertiary/aromatic N) is 2. The predicted molar refractivity (Wildman–Crippen MR) is 99.3 cm³/mol. The Morgan fingerprint density at radius 2 is 2.00 bits per heavy atom. The van der Waals surface area contributed by atoms with Crippen LogP contribution in [-0.2, 0) is 0 Å². The normalized spacial score (nSPS) is 20.5. The minimum atomic E-state index is -1.29. The Balaban J connectivity index is 2.03. The molecule has 0 bridgehead atoms. The SMILES string of the molecule is NC1CCCCN1c1c(O)cc2c(=O)c(C(=O)O)cn(C3CC3)c2c1Cl. The number of hydrogen-bond acceptors (Lipinski definition) is 5. The molecule has 0 radical (unpaired) electrons. The fourth-order valence-corrected chi connectivity index (χ4v) is 4.16. The van der Waals surface area contributed by atoms with E-state index in [0.717, 1.165) is 32.1 Å². The fraction of sp³-hybridized carbons (Fsp3) is 0.444. The zero-order valence-electron chi connectivity index (χ0n) is 14.1. The largest absolute Gasteiger partial charge is 0.506 e. The molecule has 8 heteroatoms. The van der Waals surface area contributed by atoms with Gasteiger partial charge in [0.2, 0.25) is 5.43 Å². The molecule has 2 aliphatic rings. The van der Waals surface area contributed by atoms with Crippen LogP contribution < -0.4 is 16.1 Å². The van der Waals surface area contributed by atoms with Crippen molar-refractivity contribution in [1.29, 1.82) is 0 Å². The maximum atomic E-state index is 12.6. The number of phenolic OH excluding ortho intramolecular Hbond substituents is 1. The molecular formula is C18H20ClN3O4. The summed E-state index contributed by atoms with van der Waals surface area (Å²) in [6.07, 6.45) is 5.64. The molecule has 0 amide bonds. The van der Waals surface area contributed by atoms with Crippen molar-refractivity contribution < 1.29 is 15.0 Å². The molecule has 1 aliphatic carbocycles. The molecule has 7 nitrogen and oxygen atoms in total. The maximum absolute atomic E-state index is 12.6. The lowest BCUT2D eigenvalue weighted by Gasteiger charge is -2.36. The van der Waals surface area contributed by atoms with Gasteiger partial charge in [-0.1, -0.05) is 11.6 Å². The van der Waals surface area contributed by atoms with Crippen LogP contribution in [-0.4, -0.2) is 33.5 Å². The van der Waals surface area contributed by atoms with Crippen LogP contribution in [0.1, 0.15) is 48.5 Å². The second kappa shape index (κ2) is 6.17. The minimum absolute atomic E-state index is 0.112. The Bertz CT molecular complexity index is 967. The summed E-state index contributed by atoms with van der Waals surface area (Å²) in [7, 11) is 0. The maximum Gasteiger partial charge on any atom is 0.341 e. The standard InChI is InChI=1S/C18H20ClN3O4/c19-14-15-10(7-12(23)16(14)21-6-2-1-3-13(21)20)17(24)11(18(25)26)8-22(15)9-4-5-9/h7-9,13,23H,1-6,20H2,(H,25,26). The lowest BCUT2D eigenvalue weighted by atomic mass is 10.0. The second-order valence-corrected chi connectivity index (χ2v) is 7.40. The van der Waals surface area contributed by atoms with Gasteiger partial charge >= 0.3 is 5.97 Å². The number of pyridine rings is 1. The summed E-state index contributed by atoms with van der Waals surface area (Å²) >= 11 is 6.66. The average molecular weight is 378 g/mol. The zero-order chi connectivity index (χ0) is 18.6. The number of anilines is 1. The number of halogens is 1. The smallest absolute Gasteiger partial charge is 0.341 e. The molecule has 1 atom stereocenters. The van der Waals surface area contributed by atoms with Gasteiger partial charge in [0.05, 0.1) is 22.1 Å². The average Bonchev–Trinajstić information content (AvgIpc) is 3.42. The van der Waals surface area contributed by atoms with E-state index in [1.54, 1.807) is 4.57 Å². The molecular weight excluding hydrogens is 358 g/mol.